The van der Waals surface area contributed by atoms with Crippen molar-refractivity contribution >= 4 is 10.8 Å². The molecule has 3 nitrogen and oxygen atoms in total. The molecule has 1 aromatic carbocycles. The summed E-state index contributed by atoms with van der Waals surface area (Å²) in [6.45, 7) is 0.487. The van der Waals surface area contributed by atoms with Crippen LogP contribution in [0.3, 0.4) is 0 Å². The van der Waals surface area contributed by atoms with Gasteiger partial charge in [-0.1, -0.05) is 30.3 Å². The van der Waals surface area contributed by atoms with Crippen molar-refractivity contribution in [1.82, 2.24) is 5.32 Å². The molecule has 0 aromatic heterocycles. The highest BCUT2D eigenvalue weighted by Crippen LogP contribution is 2.03. The van der Waals surface area contributed by atoms with E-state index < -0.39 is 16.9 Å². The minimum atomic E-state index is -0.993. The SMILES string of the molecule is CNCC(O)CS(=O)Cc1ccccc1. The Morgan fingerprint density at radius 2 is 2.07 bits per heavy atom. The predicted octanol–water partition coefficient (Wildman–Crippen LogP) is 0.516. The average Bonchev–Trinajstić information content (AvgIpc) is 2.19. The lowest BCUT2D eigenvalue weighted by molar-refractivity contribution is 0.198. The summed E-state index contributed by atoms with van der Waals surface area (Å²) in [5, 5.41) is 12.3. The van der Waals surface area contributed by atoms with Gasteiger partial charge < -0.3 is 10.4 Å². The molecule has 0 amide bonds. The molecule has 0 bridgehead atoms. The van der Waals surface area contributed by atoms with E-state index in [1.807, 2.05) is 30.3 Å². The average molecular weight is 227 g/mol. The van der Waals surface area contributed by atoms with Gasteiger partial charge in [-0.3, -0.25) is 4.21 Å². The van der Waals surface area contributed by atoms with Gasteiger partial charge in [0.25, 0.3) is 0 Å². The predicted molar refractivity (Wildman–Crippen MR) is 63.1 cm³/mol. The normalized spacial score (nSPS) is 14.8. The van der Waals surface area contributed by atoms with Crippen LogP contribution in [0.15, 0.2) is 30.3 Å². The summed E-state index contributed by atoms with van der Waals surface area (Å²) in [4.78, 5) is 0. The lowest BCUT2D eigenvalue weighted by Gasteiger charge is -2.09. The number of likely N-dealkylation sites (N-methyl/N-ethyl adjacent to an activating group) is 1. The number of aliphatic hydroxyl groups is 1. The van der Waals surface area contributed by atoms with E-state index in [1.54, 1.807) is 7.05 Å². The quantitative estimate of drug-likeness (QED) is 0.745. The summed E-state index contributed by atoms with van der Waals surface area (Å²) in [7, 11) is 0.775. The Balaban J connectivity index is 2.36. The van der Waals surface area contributed by atoms with E-state index in [4.69, 9.17) is 0 Å². The van der Waals surface area contributed by atoms with Crippen LogP contribution in [-0.2, 0) is 16.6 Å². The van der Waals surface area contributed by atoms with Crippen LogP contribution >= 0.6 is 0 Å². The first-order valence-corrected chi connectivity index (χ1v) is 6.42. The molecule has 0 fully saturated rings. The monoisotopic (exact) mass is 227 g/mol. The van der Waals surface area contributed by atoms with Gasteiger partial charge in [-0.2, -0.15) is 0 Å². The molecule has 2 unspecified atom stereocenters. The van der Waals surface area contributed by atoms with Crippen molar-refractivity contribution in [2.75, 3.05) is 19.3 Å². The first-order chi connectivity index (χ1) is 7.22. The van der Waals surface area contributed by atoms with Crippen molar-refractivity contribution in [3.05, 3.63) is 35.9 Å². The summed E-state index contributed by atoms with van der Waals surface area (Å²) < 4.78 is 11.6. The van der Waals surface area contributed by atoms with Crippen LogP contribution in [0, 0.1) is 0 Å². The molecule has 0 saturated carbocycles. The Hall–Kier alpha value is -0.710. The molecule has 15 heavy (non-hydrogen) atoms. The minimum absolute atomic E-state index is 0.329. The zero-order chi connectivity index (χ0) is 11.1. The fourth-order valence-electron chi connectivity index (χ4n) is 1.33. The number of rotatable bonds is 6. The van der Waals surface area contributed by atoms with E-state index in [2.05, 4.69) is 5.32 Å². The van der Waals surface area contributed by atoms with Crippen molar-refractivity contribution < 1.29 is 9.32 Å². The van der Waals surface area contributed by atoms with Crippen molar-refractivity contribution in [2.45, 2.75) is 11.9 Å². The number of nitrogens with one attached hydrogen (secondary N) is 1. The van der Waals surface area contributed by atoms with Crippen LogP contribution in [0.5, 0.6) is 0 Å². The molecular weight excluding hydrogens is 210 g/mol. The van der Waals surface area contributed by atoms with Gasteiger partial charge in [0.1, 0.15) is 0 Å². The smallest absolute Gasteiger partial charge is 0.0779 e. The van der Waals surface area contributed by atoms with Gasteiger partial charge in [-0.15, -0.1) is 0 Å². The van der Waals surface area contributed by atoms with Gasteiger partial charge >= 0.3 is 0 Å². The summed E-state index contributed by atoms with van der Waals surface area (Å²) in [6.07, 6.45) is -0.528. The second-order valence-electron chi connectivity index (χ2n) is 3.45. The Bertz CT molecular complexity index is 303. The Labute approximate surface area is 93.0 Å². The molecule has 2 atom stereocenters. The summed E-state index contributed by atoms with van der Waals surface area (Å²) >= 11 is 0. The van der Waals surface area contributed by atoms with Gasteiger partial charge in [0.05, 0.1) is 11.9 Å². The van der Waals surface area contributed by atoms with Crippen LogP contribution in [0.2, 0.25) is 0 Å². The van der Waals surface area contributed by atoms with E-state index in [0.29, 0.717) is 18.1 Å². The molecule has 0 spiro atoms. The maximum absolute atomic E-state index is 11.6. The van der Waals surface area contributed by atoms with Gasteiger partial charge in [0.15, 0.2) is 0 Å². The van der Waals surface area contributed by atoms with Crippen LogP contribution in [-0.4, -0.2) is 34.8 Å². The van der Waals surface area contributed by atoms with E-state index in [-0.39, 0.29) is 0 Å². The third-order valence-corrected chi connectivity index (χ3v) is 3.40. The van der Waals surface area contributed by atoms with Crippen molar-refractivity contribution in [3.63, 3.8) is 0 Å². The highest BCUT2D eigenvalue weighted by molar-refractivity contribution is 7.84. The van der Waals surface area contributed by atoms with Gasteiger partial charge in [-0.25, -0.2) is 0 Å². The summed E-state index contributed by atoms with van der Waals surface area (Å²) in [5.74, 6) is 0.845. The number of aliphatic hydroxyl groups excluding tert-OH is 1. The van der Waals surface area contributed by atoms with Crippen LogP contribution in [0.4, 0.5) is 0 Å². The van der Waals surface area contributed by atoms with Crippen LogP contribution < -0.4 is 5.32 Å². The van der Waals surface area contributed by atoms with Crippen molar-refractivity contribution in [2.24, 2.45) is 0 Å². The van der Waals surface area contributed by atoms with Gasteiger partial charge in [0, 0.05) is 23.1 Å². The highest BCUT2D eigenvalue weighted by atomic mass is 32.2. The molecule has 0 radical (unpaired) electrons. The zero-order valence-corrected chi connectivity index (χ0v) is 9.67. The standard InChI is InChI=1S/C11H17NO2S/c1-12-7-11(13)9-15(14)8-10-5-3-2-4-6-10/h2-6,11-13H,7-9H2,1H3. The minimum Gasteiger partial charge on any atom is -0.391 e. The van der Waals surface area contributed by atoms with E-state index in [9.17, 15) is 9.32 Å². The fourth-order valence-corrected chi connectivity index (χ4v) is 2.56. The van der Waals surface area contributed by atoms with Crippen molar-refractivity contribution in [1.29, 1.82) is 0 Å². The third-order valence-electron chi connectivity index (χ3n) is 1.99. The largest absolute Gasteiger partial charge is 0.391 e. The first kappa shape index (κ1) is 12.4. The topological polar surface area (TPSA) is 49.3 Å². The summed E-state index contributed by atoms with van der Waals surface area (Å²) in [5.41, 5.74) is 1.05. The summed E-state index contributed by atoms with van der Waals surface area (Å²) in [6, 6.07) is 9.68. The van der Waals surface area contributed by atoms with E-state index in [1.165, 1.54) is 0 Å². The van der Waals surface area contributed by atoms with Gasteiger partial charge in [0.2, 0.25) is 0 Å². The second-order valence-corrected chi connectivity index (χ2v) is 4.95. The second kappa shape index (κ2) is 6.71. The highest BCUT2D eigenvalue weighted by Gasteiger charge is 2.08. The number of hydrogen-bond donors (Lipinski definition) is 2. The zero-order valence-electron chi connectivity index (χ0n) is 8.85. The number of benzene rings is 1. The van der Waals surface area contributed by atoms with E-state index >= 15 is 0 Å². The molecule has 0 aliphatic rings. The molecule has 0 saturated heterocycles. The van der Waals surface area contributed by atoms with Crippen LogP contribution in [0.1, 0.15) is 5.56 Å². The maximum atomic E-state index is 11.6. The Kier molecular flexibility index (Phi) is 5.53. The molecule has 0 aliphatic heterocycles. The third kappa shape index (κ3) is 5.06. The Morgan fingerprint density at radius 3 is 2.67 bits per heavy atom. The van der Waals surface area contributed by atoms with Crippen LogP contribution in [0.25, 0.3) is 0 Å². The lowest BCUT2D eigenvalue weighted by atomic mass is 10.2. The molecule has 84 valence electrons. The molecule has 1 rings (SSSR count). The molecular formula is C11H17NO2S. The van der Waals surface area contributed by atoms with E-state index in [0.717, 1.165) is 5.56 Å². The lowest BCUT2D eigenvalue weighted by Crippen LogP contribution is -2.28. The first-order valence-electron chi connectivity index (χ1n) is 4.94. The molecule has 2 N–H and O–H groups in total. The van der Waals surface area contributed by atoms with Gasteiger partial charge in [-0.05, 0) is 12.6 Å². The number of hydrogen-bond acceptors (Lipinski definition) is 3. The molecule has 0 heterocycles. The molecule has 0 aliphatic carbocycles. The maximum Gasteiger partial charge on any atom is 0.0779 e. The molecule has 1 aromatic rings. The fraction of sp³-hybridized carbons (Fsp3) is 0.455. The Morgan fingerprint density at radius 1 is 1.40 bits per heavy atom. The van der Waals surface area contributed by atoms with Crippen molar-refractivity contribution in [3.8, 4) is 0 Å². The molecule has 4 heteroatoms.